The number of aryl methyl sites for hydroxylation is 1. The van der Waals surface area contributed by atoms with Crippen LogP contribution in [0.5, 0.6) is 5.75 Å². The molecule has 1 aromatic carbocycles. The van der Waals surface area contributed by atoms with Crippen molar-refractivity contribution in [3.05, 3.63) is 65.5 Å². The van der Waals surface area contributed by atoms with Gasteiger partial charge in [0.2, 0.25) is 0 Å². The maximum Gasteiger partial charge on any atom is 0.134 e. The summed E-state index contributed by atoms with van der Waals surface area (Å²) in [4.78, 5) is 13.2. The molecule has 138 valence electrons. The largest absolute Gasteiger partial charge is 0.488 e. The van der Waals surface area contributed by atoms with E-state index in [1.807, 2.05) is 6.92 Å². The fourth-order valence-corrected chi connectivity index (χ4v) is 4.00. The van der Waals surface area contributed by atoms with Gasteiger partial charge >= 0.3 is 0 Å². The van der Waals surface area contributed by atoms with E-state index in [1.54, 1.807) is 18.3 Å². The van der Waals surface area contributed by atoms with Gasteiger partial charge in [0.05, 0.1) is 44.3 Å². The maximum atomic E-state index is 13.5. The van der Waals surface area contributed by atoms with Gasteiger partial charge in [0.15, 0.2) is 0 Å². The van der Waals surface area contributed by atoms with Gasteiger partial charge in [-0.15, -0.1) is 0 Å². The number of nitrogens with one attached hydrogen (secondary N) is 1. The Labute approximate surface area is 159 Å². The molecule has 1 atom stereocenters. The first-order chi connectivity index (χ1) is 13.1. The highest BCUT2D eigenvalue weighted by Gasteiger charge is 2.32. The van der Waals surface area contributed by atoms with Gasteiger partial charge in [-0.2, -0.15) is 0 Å². The summed E-state index contributed by atoms with van der Waals surface area (Å²) in [5.41, 5.74) is 3.75. The van der Waals surface area contributed by atoms with Crippen LogP contribution in [0.2, 0.25) is 0 Å². The van der Waals surface area contributed by atoms with Gasteiger partial charge in [-0.25, -0.2) is 13.6 Å². The lowest BCUT2D eigenvalue weighted by molar-refractivity contribution is 0.358. The van der Waals surface area contributed by atoms with Crippen molar-refractivity contribution in [2.45, 2.75) is 25.7 Å². The zero-order valence-corrected chi connectivity index (χ0v) is 15.6. The summed E-state index contributed by atoms with van der Waals surface area (Å²) in [6.45, 7) is 5.95. The van der Waals surface area contributed by atoms with Gasteiger partial charge in [-0.3, -0.25) is 4.98 Å². The monoisotopic (exact) mass is 383 g/mol. The molecule has 27 heavy (non-hydrogen) atoms. The quantitative estimate of drug-likeness (QED) is 0.552. The van der Waals surface area contributed by atoms with E-state index in [1.165, 1.54) is 12.1 Å². The number of H-pyrrole nitrogens is 1. The topological polar surface area (TPSA) is 67.9 Å². The fourth-order valence-electron chi connectivity index (χ4n) is 3.52. The summed E-state index contributed by atoms with van der Waals surface area (Å²) >= 11 is 0.490. The highest BCUT2D eigenvalue weighted by atomic mass is 32.1. The minimum absolute atomic E-state index is 0.113. The fraction of sp³-hybridized carbons (Fsp3) is 0.250. The molecule has 0 saturated heterocycles. The average molecular weight is 383 g/mol. The van der Waals surface area contributed by atoms with E-state index >= 15 is 0 Å². The van der Waals surface area contributed by atoms with Gasteiger partial charge in [0.1, 0.15) is 24.0 Å². The number of rotatable bonds is 4. The van der Waals surface area contributed by atoms with Crippen LogP contribution in [0, 0.1) is 12.7 Å². The van der Waals surface area contributed by atoms with E-state index in [2.05, 4.69) is 21.5 Å². The van der Waals surface area contributed by atoms with Gasteiger partial charge in [0.25, 0.3) is 0 Å². The summed E-state index contributed by atoms with van der Waals surface area (Å²) < 4.78 is 31.1. The lowest BCUT2D eigenvalue weighted by Crippen LogP contribution is -2.21. The molecule has 0 saturated carbocycles. The van der Waals surface area contributed by atoms with Gasteiger partial charge in [-0.05, 0) is 38.0 Å². The average Bonchev–Trinajstić information content (AvgIpc) is 3.09. The van der Waals surface area contributed by atoms with Gasteiger partial charge < -0.3 is 9.72 Å². The normalized spacial score (nSPS) is 16.2. The second-order valence-corrected chi connectivity index (χ2v) is 7.17. The number of halogens is 1. The molecule has 1 N–H and O–H groups in total. The molecule has 1 aliphatic rings. The number of hydrogen-bond donors (Lipinski definition) is 1. The van der Waals surface area contributed by atoms with Crippen LogP contribution in [-0.2, 0) is 11.3 Å². The third-order valence-corrected chi connectivity index (χ3v) is 5.36. The smallest absolute Gasteiger partial charge is 0.134 e. The standard InChI is InChI=1S/C20H18FN3O2S/c1-3-8-26-19-11(2)10-22-18-13(5-7-16(27-25)17(18)19)20-23-14-6-4-12(21)9-15(14)24-20/h3-4,6,9-10,13H,1,5,7-8H2,2H3,(H,23,24). The number of aromatic amines is 1. The van der Waals surface area contributed by atoms with Crippen molar-refractivity contribution in [2.75, 3.05) is 6.61 Å². The Bertz CT molecular complexity index is 1100. The van der Waals surface area contributed by atoms with Crippen molar-refractivity contribution in [3.63, 3.8) is 0 Å². The minimum atomic E-state index is -0.311. The first-order valence-corrected chi connectivity index (χ1v) is 9.41. The molecule has 2 heterocycles. The van der Waals surface area contributed by atoms with Crippen LogP contribution in [0.4, 0.5) is 4.39 Å². The van der Waals surface area contributed by atoms with Crippen LogP contribution in [0.1, 0.15) is 41.4 Å². The maximum absolute atomic E-state index is 13.5. The Morgan fingerprint density at radius 3 is 3.11 bits per heavy atom. The predicted octanol–water partition coefficient (Wildman–Crippen LogP) is 3.63. The third-order valence-electron chi connectivity index (χ3n) is 4.75. The van der Waals surface area contributed by atoms with Crippen molar-refractivity contribution in [1.82, 2.24) is 15.0 Å². The minimum Gasteiger partial charge on any atom is -0.488 e. The zero-order chi connectivity index (χ0) is 19.0. The highest BCUT2D eigenvalue weighted by molar-refractivity contribution is 7.67. The van der Waals surface area contributed by atoms with Crippen LogP contribution in [-0.4, -0.2) is 30.6 Å². The predicted molar refractivity (Wildman–Crippen MR) is 104 cm³/mol. The molecule has 0 fully saturated rings. The number of ether oxygens (including phenoxy) is 1. The van der Waals surface area contributed by atoms with Crippen LogP contribution in [0.15, 0.2) is 37.1 Å². The Kier molecular flexibility index (Phi) is 4.61. The molecule has 1 unspecified atom stereocenters. The summed E-state index contributed by atoms with van der Waals surface area (Å²) in [6, 6.07) is 4.48. The Morgan fingerprint density at radius 2 is 2.33 bits per heavy atom. The number of benzene rings is 1. The number of hydrogen-bond acceptors (Lipinski definition) is 4. The molecule has 0 spiro atoms. The first kappa shape index (κ1) is 17.6. The number of nitrogens with zero attached hydrogens (tertiary/aromatic N) is 2. The van der Waals surface area contributed by atoms with Gasteiger partial charge in [0, 0.05) is 11.8 Å². The molecule has 0 amide bonds. The van der Waals surface area contributed by atoms with E-state index in [0.29, 0.717) is 47.5 Å². The summed E-state index contributed by atoms with van der Waals surface area (Å²) in [5.74, 6) is 0.968. The number of imidazole rings is 1. The molecule has 0 aliphatic heterocycles. The van der Waals surface area contributed by atoms with Gasteiger partial charge in [-0.1, -0.05) is 12.7 Å². The van der Waals surface area contributed by atoms with Crippen molar-refractivity contribution < 1.29 is 13.3 Å². The summed E-state index contributed by atoms with van der Waals surface area (Å²) in [5, 5.41) is 0. The number of pyridine rings is 1. The van der Waals surface area contributed by atoms with E-state index in [0.717, 1.165) is 27.5 Å². The highest BCUT2D eigenvalue weighted by Crippen LogP contribution is 2.40. The molecule has 0 radical (unpaired) electrons. The lowest BCUT2D eigenvalue weighted by Gasteiger charge is -2.26. The van der Waals surface area contributed by atoms with Crippen LogP contribution in [0.25, 0.3) is 11.0 Å². The molecule has 5 nitrogen and oxygen atoms in total. The van der Waals surface area contributed by atoms with Crippen molar-refractivity contribution in [1.29, 1.82) is 0 Å². The van der Waals surface area contributed by atoms with E-state index in [-0.39, 0.29) is 11.7 Å². The first-order valence-electron chi connectivity index (χ1n) is 8.66. The van der Waals surface area contributed by atoms with E-state index < -0.39 is 0 Å². The van der Waals surface area contributed by atoms with Crippen molar-refractivity contribution >= 4 is 27.2 Å². The SMILES string of the molecule is C=CCOc1c(C)cnc2c1C(=S=O)CCC2c1nc2ccc(F)cc2[nH]1. The number of aromatic nitrogens is 3. The lowest BCUT2D eigenvalue weighted by atomic mass is 9.85. The molecule has 0 bridgehead atoms. The number of fused-ring (bicyclic) bond motifs is 2. The summed E-state index contributed by atoms with van der Waals surface area (Å²) in [7, 11) is 0. The zero-order valence-electron chi connectivity index (χ0n) is 14.8. The molecule has 4 rings (SSSR count). The van der Waals surface area contributed by atoms with E-state index in [4.69, 9.17) is 4.74 Å². The molecule has 1 aliphatic carbocycles. The molecular formula is C20H18FN3O2S. The Hall–Kier alpha value is -2.80. The molecule has 7 heteroatoms. The third kappa shape index (κ3) is 3.08. The Balaban J connectivity index is 1.87. The second-order valence-electron chi connectivity index (χ2n) is 6.51. The van der Waals surface area contributed by atoms with Crippen LogP contribution < -0.4 is 4.74 Å². The van der Waals surface area contributed by atoms with Crippen molar-refractivity contribution in [2.24, 2.45) is 0 Å². The second kappa shape index (κ2) is 7.08. The van der Waals surface area contributed by atoms with Crippen LogP contribution >= 0.6 is 0 Å². The Morgan fingerprint density at radius 1 is 1.48 bits per heavy atom. The van der Waals surface area contributed by atoms with E-state index in [9.17, 15) is 8.60 Å². The van der Waals surface area contributed by atoms with Crippen LogP contribution in [0.3, 0.4) is 0 Å². The molecular weight excluding hydrogens is 365 g/mol. The van der Waals surface area contributed by atoms with Crippen molar-refractivity contribution in [3.8, 4) is 5.75 Å². The molecule has 2 aromatic heterocycles. The summed E-state index contributed by atoms with van der Waals surface area (Å²) in [6.07, 6.45) is 4.75. The molecule has 3 aromatic rings.